The lowest BCUT2D eigenvalue weighted by Gasteiger charge is -2.56. The number of likely N-dealkylation sites (N-methyl/N-ethyl adjacent to an activating group) is 1. The van der Waals surface area contributed by atoms with Crippen molar-refractivity contribution in [1.29, 1.82) is 0 Å². The Hall–Kier alpha value is -2.64. The Kier molecular flexibility index (Phi) is 5.45. The number of nitrogens with zero attached hydrogens (tertiary/aromatic N) is 1. The number of carbonyl (C=O) groups is 1. The molecule has 0 radical (unpaired) electrons. The smallest absolute Gasteiger partial charge is 0.338 e. The van der Waals surface area contributed by atoms with Gasteiger partial charge in [-0.15, -0.1) is 0 Å². The van der Waals surface area contributed by atoms with Crippen molar-refractivity contribution < 1.29 is 23.1 Å². The highest BCUT2D eigenvalue weighted by atomic mass is 28.4. The highest BCUT2D eigenvalue weighted by Crippen LogP contribution is 2.63. The van der Waals surface area contributed by atoms with Crippen molar-refractivity contribution >= 4 is 14.3 Å². The Labute approximate surface area is 219 Å². The van der Waals surface area contributed by atoms with Gasteiger partial charge >= 0.3 is 5.97 Å². The molecule has 6 rings (SSSR count). The molecule has 0 unspecified atom stereocenters. The van der Waals surface area contributed by atoms with Gasteiger partial charge in [0.25, 0.3) is 8.32 Å². The minimum absolute atomic E-state index is 0.0508. The van der Waals surface area contributed by atoms with Gasteiger partial charge in [0.1, 0.15) is 17.7 Å². The van der Waals surface area contributed by atoms with Gasteiger partial charge in [0.05, 0.1) is 5.56 Å². The van der Waals surface area contributed by atoms with Gasteiger partial charge in [0.2, 0.25) is 0 Å². The summed E-state index contributed by atoms with van der Waals surface area (Å²) in [6, 6.07) is 10.2. The number of hydrogen-bond donors (Lipinski definition) is 0. The van der Waals surface area contributed by atoms with Crippen LogP contribution >= 0.6 is 0 Å². The zero-order chi connectivity index (χ0) is 26.3. The quantitative estimate of drug-likeness (QED) is 0.286. The molecule has 2 aromatic rings. The predicted molar refractivity (Wildman–Crippen MR) is 143 cm³/mol. The largest absolute Gasteiger partial charge is 0.541 e. The molecule has 4 aliphatic rings. The second kappa shape index (κ2) is 8.18. The lowest BCUT2D eigenvalue weighted by Crippen LogP contribution is -2.65. The van der Waals surface area contributed by atoms with E-state index in [0.29, 0.717) is 11.6 Å². The van der Waals surface area contributed by atoms with Crippen LogP contribution in [0, 0.1) is 11.7 Å². The summed E-state index contributed by atoms with van der Waals surface area (Å²) in [6.07, 6.45) is 5.27. The number of esters is 1. The molecule has 2 heterocycles. The van der Waals surface area contributed by atoms with Crippen LogP contribution in [0.1, 0.15) is 48.7 Å². The molecular weight excluding hydrogens is 485 g/mol. The molecule has 0 N–H and O–H groups in total. The minimum Gasteiger partial charge on any atom is -0.541 e. The van der Waals surface area contributed by atoms with E-state index in [-0.39, 0.29) is 28.3 Å². The summed E-state index contributed by atoms with van der Waals surface area (Å²) >= 11 is 0. The van der Waals surface area contributed by atoms with Gasteiger partial charge in [-0.25, -0.2) is 9.18 Å². The molecule has 37 heavy (non-hydrogen) atoms. The first-order chi connectivity index (χ1) is 17.4. The Morgan fingerprint density at radius 3 is 2.57 bits per heavy atom. The van der Waals surface area contributed by atoms with Crippen molar-refractivity contribution in [3.05, 3.63) is 71.1 Å². The fourth-order valence-electron chi connectivity index (χ4n) is 6.60. The summed E-state index contributed by atoms with van der Waals surface area (Å²) in [6.45, 7) is 12.2. The Morgan fingerprint density at radius 1 is 1.14 bits per heavy atom. The predicted octanol–water partition coefficient (Wildman–Crippen LogP) is 5.88. The van der Waals surface area contributed by atoms with Gasteiger partial charge in [-0.1, -0.05) is 32.9 Å². The Balaban J connectivity index is 1.42. The van der Waals surface area contributed by atoms with E-state index < -0.39 is 20.4 Å². The van der Waals surface area contributed by atoms with Crippen molar-refractivity contribution in [2.45, 2.75) is 75.4 Å². The van der Waals surface area contributed by atoms with Crippen LogP contribution in [-0.4, -0.2) is 51.0 Å². The van der Waals surface area contributed by atoms with Gasteiger partial charge in [0, 0.05) is 22.9 Å². The van der Waals surface area contributed by atoms with Crippen LogP contribution in [-0.2, 0) is 16.6 Å². The van der Waals surface area contributed by atoms with Gasteiger partial charge < -0.3 is 18.8 Å². The maximum atomic E-state index is 13.4. The average Bonchev–Trinajstić information content (AvgIpc) is 3.18. The van der Waals surface area contributed by atoms with E-state index in [2.05, 4.69) is 64.0 Å². The van der Waals surface area contributed by atoms with Crippen molar-refractivity contribution in [1.82, 2.24) is 4.90 Å². The van der Waals surface area contributed by atoms with Crippen molar-refractivity contribution in [3.8, 4) is 11.5 Å². The molecule has 7 heteroatoms. The maximum Gasteiger partial charge on any atom is 0.338 e. The standard InChI is InChI=1S/C30H36FNO4Si/c1-29(2,3)37(5,6)36-23-13-9-19-17-22-21-12-14-24(34-28(33)18-7-10-20(31)11-8-18)27-30(21,15-16-32(22)4)25(19)26(23)35-27/h7-14,21-22,24,27H,15-17H2,1-6H3/t21-,22+,24-,27-,30-/m0/s1. The number of carbonyl (C=O) groups excluding carboxylic acids is 1. The summed E-state index contributed by atoms with van der Waals surface area (Å²) < 4.78 is 33.2. The van der Waals surface area contributed by atoms with Gasteiger partial charge in [0.15, 0.2) is 11.9 Å². The molecule has 2 bridgehead atoms. The van der Waals surface area contributed by atoms with Crippen LogP contribution in [0.5, 0.6) is 11.5 Å². The zero-order valence-electron chi connectivity index (χ0n) is 22.5. The summed E-state index contributed by atoms with van der Waals surface area (Å²) in [5.41, 5.74) is 2.63. The molecule has 2 aliphatic carbocycles. The van der Waals surface area contributed by atoms with Crippen LogP contribution in [0.4, 0.5) is 4.39 Å². The fraction of sp³-hybridized carbons (Fsp3) is 0.500. The number of likely N-dealkylation sites (tertiary alicyclic amines) is 1. The van der Waals surface area contributed by atoms with E-state index in [1.807, 2.05) is 6.08 Å². The normalized spacial score (nSPS) is 29.9. The number of rotatable bonds is 4. The van der Waals surface area contributed by atoms with Gasteiger partial charge in [-0.2, -0.15) is 0 Å². The number of piperidine rings is 1. The first-order valence-corrected chi connectivity index (χ1v) is 16.2. The number of hydrogen-bond acceptors (Lipinski definition) is 5. The summed E-state index contributed by atoms with van der Waals surface area (Å²) in [5, 5.41) is 0.0508. The van der Waals surface area contributed by atoms with Crippen LogP contribution in [0.3, 0.4) is 0 Å². The van der Waals surface area contributed by atoms with Crippen LogP contribution in [0.15, 0.2) is 48.6 Å². The molecule has 5 atom stereocenters. The molecule has 2 aromatic carbocycles. The van der Waals surface area contributed by atoms with Crippen LogP contribution < -0.4 is 9.16 Å². The topological polar surface area (TPSA) is 48.0 Å². The molecular formula is C30H36FNO4Si. The molecule has 1 saturated heterocycles. The summed E-state index contributed by atoms with van der Waals surface area (Å²) in [4.78, 5) is 15.5. The van der Waals surface area contributed by atoms with Gasteiger partial charge in [-0.05, 0) is 86.5 Å². The third kappa shape index (κ3) is 3.61. The molecule has 0 saturated carbocycles. The second-order valence-corrected chi connectivity index (χ2v) is 17.4. The van der Waals surface area contributed by atoms with Crippen molar-refractivity contribution in [3.63, 3.8) is 0 Å². The number of halogens is 1. The third-order valence-corrected chi connectivity index (χ3v) is 14.0. The SMILES string of the molecule is CN1CC[C@]23c4c5ccc(O[Si](C)(C)C(C)(C)C)c4O[C@H]2[C@@H](OC(=O)c2ccc(F)cc2)C=C[C@H]3[C@H]1C5. The molecule has 0 aromatic heterocycles. The molecule has 1 spiro atoms. The van der Waals surface area contributed by atoms with Crippen LogP contribution in [0.25, 0.3) is 0 Å². The summed E-state index contributed by atoms with van der Waals surface area (Å²) in [5.74, 6) is 1.07. The van der Waals surface area contributed by atoms with E-state index in [1.54, 1.807) is 0 Å². The van der Waals surface area contributed by atoms with E-state index in [9.17, 15) is 9.18 Å². The molecule has 5 nitrogen and oxygen atoms in total. The second-order valence-electron chi connectivity index (χ2n) is 12.7. The third-order valence-electron chi connectivity index (χ3n) is 9.61. The maximum absolute atomic E-state index is 13.4. The van der Waals surface area contributed by atoms with Crippen molar-refractivity contribution in [2.24, 2.45) is 5.92 Å². The number of ether oxygens (including phenoxy) is 2. The lowest BCUT2D eigenvalue weighted by atomic mass is 9.53. The van der Waals surface area contributed by atoms with Gasteiger partial charge in [-0.3, -0.25) is 0 Å². The first kappa shape index (κ1) is 24.7. The molecule has 196 valence electrons. The first-order valence-electron chi connectivity index (χ1n) is 13.3. The minimum atomic E-state index is -2.11. The molecule has 1 fully saturated rings. The highest BCUT2D eigenvalue weighted by molar-refractivity contribution is 6.74. The molecule has 2 aliphatic heterocycles. The Bertz CT molecular complexity index is 1280. The average molecular weight is 522 g/mol. The van der Waals surface area contributed by atoms with E-state index in [4.69, 9.17) is 13.9 Å². The van der Waals surface area contributed by atoms with E-state index in [0.717, 1.165) is 30.9 Å². The Morgan fingerprint density at radius 2 is 1.86 bits per heavy atom. The zero-order valence-corrected chi connectivity index (χ0v) is 23.5. The monoisotopic (exact) mass is 521 g/mol. The van der Waals surface area contributed by atoms with E-state index in [1.165, 1.54) is 35.4 Å². The van der Waals surface area contributed by atoms with E-state index >= 15 is 0 Å². The molecule has 0 amide bonds. The fourth-order valence-corrected chi connectivity index (χ4v) is 7.61. The lowest BCUT2D eigenvalue weighted by molar-refractivity contribution is -0.0554. The number of benzene rings is 2. The van der Waals surface area contributed by atoms with Crippen molar-refractivity contribution in [2.75, 3.05) is 13.6 Å². The highest BCUT2D eigenvalue weighted by Gasteiger charge is 2.65. The summed E-state index contributed by atoms with van der Waals surface area (Å²) in [7, 11) is 0.0955. The van der Waals surface area contributed by atoms with Crippen LogP contribution in [0.2, 0.25) is 18.1 Å².